The van der Waals surface area contributed by atoms with E-state index in [-0.39, 0.29) is 17.2 Å². The zero-order chi connectivity index (χ0) is 10.8. The van der Waals surface area contributed by atoms with Gasteiger partial charge in [-0.15, -0.1) is 0 Å². The fraction of sp³-hybridized carbons (Fsp3) is 0.818. The molecule has 14 heavy (non-hydrogen) atoms. The maximum atomic E-state index is 11.6. The van der Waals surface area contributed by atoms with Gasteiger partial charge in [-0.25, -0.2) is 0 Å². The smallest absolute Gasteiger partial charge is 0.316 e. The summed E-state index contributed by atoms with van der Waals surface area (Å²) < 4.78 is 4.70. The van der Waals surface area contributed by atoms with Crippen LogP contribution in [0.2, 0.25) is 0 Å². The zero-order valence-corrected chi connectivity index (χ0v) is 9.13. The van der Waals surface area contributed by atoms with Crippen molar-refractivity contribution in [2.75, 3.05) is 7.11 Å². The Hall–Kier alpha value is -0.860. The second kappa shape index (κ2) is 4.11. The van der Waals surface area contributed by atoms with E-state index in [9.17, 15) is 9.59 Å². The summed E-state index contributed by atoms with van der Waals surface area (Å²) in [5, 5.41) is 0. The summed E-state index contributed by atoms with van der Waals surface area (Å²) in [4.78, 5) is 23.1. The molecule has 1 unspecified atom stereocenters. The van der Waals surface area contributed by atoms with Gasteiger partial charge in [-0.3, -0.25) is 9.59 Å². The second-order valence-electron chi connectivity index (χ2n) is 3.99. The predicted octanol–water partition coefficient (Wildman–Crippen LogP) is 1.94. The van der Waals surface area contributed by atoms with Crippen LogP contribution < -0.4 is 0 Å². The van der Waals surface area contributed by atoms with Crippen molar-refractivity contribution < 1.29 is 14.3 Å². The van der Waals surface area contributed by atoms with Crippen LogP contribution in [0.25, 0.3) is 0 Å². The van der Waals surface area contributed by atoms with Gasteiger partial charge in [0.05, 0.1) is 7.11 Å². The third-order valence-electron chi connectivity index (χ3n) is 3.65. The number of esters is 1. The van der Waals surface area contributed by atoms with Crippen molar-refractivity contribution in [3.63, 3.8) is 0 Å². The Morgan fingerprint density at radius 3 is 2.50 bits per heavy atom. The monoisotopic (exact) mass is 198 g/mol. The van der Waals surface area contributed by atoms with Gasteiger partial charge in [0.1, 0.15) is 11.7 Å². The van der Waals surface area contributed by atoms with E-state index in [1.165, 1.54) is 7.11 Å². The lowest BCUT2D eigenvalue weighted by atomic mass is 9.73. The molecule has 1 saturated carbocycles. The van der Waals surface area contributed by atoms with Crippen molar-refractivity contribution in [1.29, 1.82) is 0 Å². The van der Waals surface area contributed by atoms with E-state index in [1.807, 2.05) is 13.8 Å². The first kappa shape index (κ1) is 11.2. The molecule has 0 amide bonds. The van der Waals surface area contributed by atoms with Crippen molar-refractivity contribution in [2.45, 2.75) is 39.5 Å². The SMILES string of the molecule is CCC1(CC)CCC(=O)C1C(=O)OC. The van der Waals surface area contributed by atoms with Gasteiger partial charge in [0.25, 0.3) is 0 Å². The minimum atomic E-state index is -0.512. The lowest BCUT2D eigenvalue weighted by molar-refractivity contribution is -0.152. The molecule has 0 radical (unpaired) electrons. The van der Waals surface area contributed by atoms with Gasteiger partial charge >= 0.3 is 5.97 Å². The van der Waals surface area contributed by atoms with Crippen LogP contribution in [0.3, 0.4) is 0 Å². The molecule has 1 rings (SSSR count). The Kier molecular flexibility index (Phi) is 3.29. The van der Waals surface area contributed by atoms with E-state index in [0.29, 0.717) is 6.42 Å². The Morgan fingerprint density at radius 1 is 1.50 bits per heavy atom. The summed E-state index contributed by atoms with van der Waals surface area (Å²) in [6, 6.07) is 0. The molecule has 0 aromatic carbocycles. The number of ether oxygens (including phenoxy) is 1. The standard InChI is InChI=1S/C11H18O3/c1-4-11(5-2)7-6-8(12)9(11)10(13)14-3/h9H,4-7H2,1-3H3. The molecule has 0 heterocycles. The highest BCUT2D eigenvalue weighted by Gasteiger charge is 2.50. The van der Waals surface area contributed by atoms with Crippen LogP contribution in [-0.2, 0) is 14.3 Å². The number of rotatable bonds is 3. The van der Waals surface area contributed by atoms with E-state index in [2.05, 4.69) is 0 Å². The van der Waals surface area contributed by atoms with Gasteiger partial charge in [0, 0.05) is 6.42 Å². The highest BCUT2D eigenvalue weighted by atomic mass is 16.5. The number of carbonyl (C=O) groups is 2. The fourth-order valence-electron chi connectivity index (χ4n) is 2.51. The highest BCUT2D eigenvalue weighted by molar-refractivity contribution is 6.01. The van der Waals surface area contributed by atoms with Gasteiger partial charge in [-0.1, -0.05) is 13.8 Å². The molecule has 3 heteroatoms. The summed E-state index contributed by atoms with van der Waals surface area (Å²) in [5.74, 6) is -0.806. The Labute approximate surface area is 84.8 Å². The van der Waals surface area contributed by atoms with Gasteiger partial charge in [-0.2, -0.15) is 0 Å². The van der Waals surface area contributed by atoms with Gasteiger partial charge in [0.15, 0.2) is 0 Å². The van der Waals surface area contributed by atoms with E-state index in [1.54, 1.807) is 0 Å². The molecule has 0 spiro atoms. The molecular weight excluding hydrogens is 180 g/mol. The summed E-state index contributed by atoms with van der Waals surface area (Å²) in [5.41, 5.74) is -0.135. The van der Waals surface area contributed by atoms with Crippen LogP contribution in [0, 0.1) is 11.3 Å². The number of hydrogen-bond acceptors (Lipinski definition) is 3. The molecular formula is C11H18O3. The molecule has 0 aromatic rings. The molecule has 0 bridgehead atoms. The number of ketones is 1. The van der Waals surface area contributed by atoms with Crippen molar-refractivity contribution in [3.8, 4) is 0 Å². The van der Waals surface area contributed by atoms with Crippen LogP contribution in [0.5, 0.6) is 0 Å². The lowest BCUT2D eigenvalue weighted by Gasteiger charge is -2.30. The molecule has 0 aliphatic heterocycles. The summed E-state index contributed by atoms with van der Waals surface area (Å²) in [7, 11) is 1.35. The molecule has 1 atom stereocenters. The van der Waals surface area contributed by atoms with Crippen LogP contribution in [0.1, 0.15) is 39.5 Å². The average Bonchev–Trinajstić information content (AvgIpc) is 2.55. The largest absolute Gasteiger partial charge is 0.468 e. The quantitative estimate of drug-likeness (QED) is 0.514. The van der Waals surface area contributed by atoms with Gasteiger partial charge in [0.2, 0.25) is 0 Å². The van der Waals surface area contributed by atoms with E-state index >= 15 is 0 Å². The molecule has 3 nitrogen and oxygen atoms in total. The van der Waals surface area contributed by atoms with Crippen molar-refractivity contribution in [2.24, 2.45) is 11.3 Å². The predicted molar refractivity (Wildman–Crippen MR) is 52.8 cm³/mol. The van der Waals surface area contributed by atoms with E-state index < -0.39 is 5.92 Å². The first-order valence-corrected chi connectivity index (χ1v) is 5.22. The third-order valence-corrected chi connectivity index (χ3v) is 3.65. The zero-order valence-electron chi connectivity index (χ0n) is 9.13. The van der Waals surface area contributed by atoms with Crippen molar-refractivity contribution in [1.82, 2.24) is 0 Å². The molecule has 1 fully saturated rings. The Morgan fingerprint density at radius 2 is 2.07 bits per heavy atom. The summed E-state index contributed by atoms with van der Waals surface area (Å²) in [6.07, 6.45) is 3.10. The van der Waals surface area contributed by atoms with Crippen LogP contribution in [0.4, 0.5) is 0 Å². The molecule has 1 aliphatic rings. The van der Waals surface area contributed by atoms with Crippen molar-refractivity contribution in [3.05, 3.63) is 0 Å². The second-order valence-corrected chi connectivity index (χ2v) is 3.99. The molecule has 0 N–H and O–H groups in total. The molecule has 80 valence electrons. The maximum absolute atomic E-state index is 11.6. The Bertz CT molecular complexity index is 241. The minimum absolute atomic E-state index is 0.0561. The fourth-order valence-corrected chi connectivity index (χ4v) is 2.51. The summed E-state index contributed by atoms with van der Waals surface area (Å²) >= 11 is 0. The Balaban J connectivity index is 2.96. The van der Waals surface area contributed by atoms with Crippen LogP contribution in [0.15, 0.2) is 0 Å². The highest BCUT2D eigenvalue weighted by Crippen LogP contribution is 2.46. The first-order chi connectivity index (χ1) is 6.61. The lowest BCUT2D eigenvalue weighted by Crippen LogP contribution is -2.34. The first-order valence-electron chi connectivity index (χ1n) is 5.22. The molecule has 0 saturated heterocycles. The number of Topliss-reactive ketones (excluding diaryl/α,β-unsaturated/α-hetero) is 1. The van der Waals surface area contributed by atoms with E-state index in [0.717, 1.165) is 19.3 Å². The average molecular weight is 198 g/mol. The summed E-state index contributed by atoms with van der Waals surface area (Å²) in [6.45, 7) is 4.08. The molecule has 0 aromatic heterocycles. The molecule has 1 aliphatic carbocycles. The third kappa shape index (κ3) is 1.56. The van der Waals surface area contributed by atoms with Crippen LogP contribution in [-0.4, -0.2) is 18.9 Å². The maximum Gasteiger partial charge on any atom is 0.316 e. The normalized spacial score (nSPS) is 25.1. The topological polar surface area (TPSA) is 43.4 Å². The van der Waals surface area contributed by atoms with E-state index in [4.69, 9.17) is 4.74 Å². The van der Waals surface area contributed by atoms with Gasteiger partial charge < -0.3 is 4.74 Å². The number of methoxy groups -OCH3 is 1. The van der Waals surface area contributed by atoms with Crippen molar-refractivity contribution >= 4 is 11.8 Å². The number of hydrogen-bond donors (Lipinski definition) is 0. The minimum Gasteiger partial charge on any atom is -0.468 e. The van der Waals surface area contributed by atoms with Crippen LogP contribution >= 0.6 is 0 Å². The van der Waals surface area contributed by atoms with Gasteiger partial charge in [-0.05, 0) is 24.7 Å². The number of carbonyl (C=O) groups excluding carboxylic acids is 2.